The Bertz CT molecular complexity index is 704. The van der Waals surface area contributed by atoms with Crippen LogP contribution in [-0.4, -0.2) is 48.2 Å². The fraction of sp³-hybridized carbons (Fsp3) is 0.421. The molecule has 1 aliphatic rings. The van der Waals surface area contributed by atoms with Crippen molar-refractivity contribution in [1.82, 2.24) is 15.1 Å². The molecule has 6 heteroatoms. The molecule has 0 atom stereocenters. The van der Waals surface area contributed by atoms with Crippen LogP contribution in [-0.2, 0) is 0 Å². The van der Waals surface area contributed by atoms with Crippen LogP contribution in [0, 0.1) is 5.92 Å². The second-order valence-corrected chi connectivity index (χ2v) is 6.84. The molecule has 3 rings (SSSR count). The summed E-state index contributed by atoms with van der Waals surface area (Å²) in [6.45, 7) is 3.84. The second kappa shape index (κ2) is 7.51. The summed E-state index contributed by atoms with van der Waals surface area (Å²) in [6, 6.07) is 11.6. The zero-order valence-electron chi connectivity index (χ0n) is 15.1. The van der Waals surface area contributed by atoms with Crippen LogP contribution in [0.1, 0.15) is 30.3 Å². The van der Waals surface area contributed by atoms with Gasteiger partial charge in [0, 0.05) is 38.6 Å². The third-order valence-corrected chi connectivity index (χ3v) is 4.61. The van der Waals surface area contributed by atoms with Gasteiger partial charge in [0.25, 0.3) is 5.91 Å². The van der Waals surface area contributed by atoms with E-state index >= 15 is 0 Å². The SMILES string of the molecule is CC1CCN(C(=O)c2ccc(Nc3ccc(N(C)C)cc3)nn2)CC1. The van der Waals surface area contributed by atoms with E-state index in [1.54, 1.807) is 12.1 Å². The predicted octanol–water partition coefficient (Wildman–Crippen LogP) is 3.16. The van der Waals surface area contributed by atoms with Crippen LogP contribution >= 0.6 is 0 Å². The molecule has 0 saturated carbocycles. The largest absolute Gasteiger partial charge is 0.378 e. The Morgan fingerprint density at radius 3 is 2.32 bits per heavy atom. The van der Waals surface area contributed by atoms with Crippen molar-refractivity contribution >= 4 is 23.1 Å². The number of benzene rings is 1. The van der Waals surface area contributed by atoms with Gasteiger partial charge < -0.3 is 15.1 Å². The Balaban J connectivity index is 1.62. The van der Waals surface area contributed by atoms with E-state index in [0.717, 1.165) is 37.3 Å². The van der Waals surface area contributed by atoms with Gasteiger partial charge in [0.15, 0.2) is 11.5 Å². The van der Waals surface area contributed by atoms with Crippen molar-refractivity contribution in [1.29, 1.82) is 0 Å². The molecule has 0 unspecified atom stereocenters. The predicted molar refractivity (Wildman–Crippen MR) is 100 cm³/mol. The quantitative estimate of drug-likeness (QED) is 0.927. The molecule has 0 aliphatic carbocycles. The first-order valence-corrected chi connectivity index (χ1v) is 8.70. The van der Waals surface area contributed by atoms with Crippen molar-refractivity contribution in [3.8, 4) is 0 Å². The molecule has 1 aromatic heterocycles. The van der Waals surface area contributed by atoms with Gasteiger partial charge in [-0.15, -0.1) is 10.2 Å². The van der Waals surface area contributed by atoms with E-state index in [1.807, 2.05) is 48.2 Å². The lowest BCUT2D eigenvalue weighted by molar-refractivity contribution is 0.0690. The first-order valence-electron chi connectivity index (χ1n) is 8.70. The molecule has 1 fully saturated rings. The summed E-state index contributed by atoms with van der Waals surface area (Å²) < 4.78 is 0. The lowest BCUT2D eigenvalue weighted by Crippen LogP contribution is -2.38. The summed E-state index contributed by atoms with van der Waals surface area (Å²) in [7, 11) is 4.01. The van der Waals surface area contributed by atoms with Crippen molar-refractivity contribution in [2.45, 2.75) is 19.8 Å². The molecule has 1 N–H and O–H groups in total. The van der Waals surface area contributed by atoms with Crippen molar-refractivity contribution in [3.63, 3.8) is 0 Å². The molecule has 0 spiro atoms. The second-order valence-electron chi connectivity index (χ2n) is 6.84. The van der Waals surface area contributed by atoms with Gasteiger partial charge in [-0.1, -0.05) is 6.92 Å². The van der Waals surface area contributed by atoms with Crippen LogP contribution in [0.2, 0.25) is 0 Å². The Hall–Kier alpha value is -2.63. The fourth-order valence-corrected chi connectivity index (χ4v) is 2.88. The van der Waals surface area contributed by atoms with Gasteiger partial charge in [0.1, 0.15) is 0 Å². The number of aromatic nitrogens is 2. The van der Waals surface area contributed by atoms with Crippen molar-refractivity contribution in [2.24, 2.45) is 5.92 Å². The number of anilines is 3. The number of hydrogen-bond acceptors (Lipinski definition) is 5. The van der Waals surface area contributed by atoms with Crippen molar-refractivity contribution < 1.29 is 4.79 Å². The van der Waals surface area contributed by atoms with E-state index in [2.05, 4.69) is 22.4 Å². The first kappa shape index (κ1) is 17.2. The van der Waals surface area contributed by atoms with Crippen molar-refractivity contribution in [3.05, 3.63) is 42.1 Å². The van der Waals surface area contributed by atoms with Crippen LogP contribution < -0.4 is 10.2 Å². The van der Waals surface area contributed by atoms with Crippen LogP contribution in [0.25, 0.3) is 0 Å². The van der Waals surface area contributed by atoms with E-state index in [9.17, 15) is 4.79 Å². The Morgan fingerprint density at radius 2 is 1.76 bits per heavy atom. The van der Waals surface area contributed by atoms with Crippen LogP contribution in [0.15, 0.2) is 36.4 Å². The molecule has 1 amide bonds. The molecule has 25 heavy (non-hydrogen) atoms. The molecule has 6 nitrogen and oxygen atoms in total. The number of hydrogen-bond donors (Lipinski definition) is 1. The molecule has 2 heterocycles. The standard InChI is InChI=1S/C19H25N5O/c1-14-10-12-24(13-11-14)19(25)17-8-9-18(22-21-17)20-15-4-6-16(7-5-15)23(2)3/h4-9,14H,10-13H2,1-3H3,(H,20,22). The minimum atomic E-state index is -0.0266. The maximum absolute atomic E-state index is 12.5. The third kappa shape index (κ3) is 4.26. The Morgan fingerprint density at radius 1 is 1.08 bits per heavy atom. The molecule has 2 aromatic rings. The van der Waals surface area contributed by atoms with Gasteiger partial charge in [-0.05, 0) is 55.2 Å². The molecule has 0 radical (unpaired) electrons. The lowest BCUT2D eigenvalue weighted by atomic mass is 9.99. The molecule has 1 aliphatic heterocycles. The summed E-state index contributed by atoms with van der Waals surface area (Å²) in [4.78, 5) is 16.4. The van der Waals surface area contributed by atoms with E-state index in [0.29, 0.717) is 17.4 Å². The number of amides is 1. The van der Waals surface area contributed by atoms with Gasteiger partial charge >= 0.3 is 0 Å². The lowest BCUT2D eigenvalue weighted by Gasteiger charge is -2.29. The number of nitrogens with one attached hydrogen (secondary N) is 1. The minimum absolute atomic E-state index is 0.0266. The van der Waals surface area contributed by atoms with E-state index < -0.39 is 0 Å². The molecule has 132 valence electrons. The molecule has 1 saturated heterocycles. The molecular formula is C19H25N5O. The average Bonchev–Trinajstić information content (AvgIpc) is 2.63. The van der Waals surface area contributed by atoms with Gasteiger partial charge in [0.05, 0.1) is 0 Å². The topological polar surface area (TPSA) is 61.4 Å². The maximum Gasteiger partial charge on any atom is 0.274 e. The number of carbonyl (C=O) groups is 1. The number of likely N-dealkylation sites (tertiary alicyclic amines) is 1. The zero-order chi connectivity index (χ0) is 17.8. The van der Waals surface area contributed by atoms with Gasteiger partial charge in [-0.25, -0.2) is 0 Å². The minimum Gasteiger partial charge on any atom is -0.378 e. The van der Waals surface area contributed by atoms with E-state index in [4.69, 9.17) is 0 Å². The third-order valence-electron chi connectivity index (χ3n) is 4.61. The average molecular weight is 339 g/mol. The van der Waals surface area contributed by atoms with E-state index in [1.165, 1.54) is 0 Å². The van der Waals surface area contributed by atoms with Crippen LogP contribution in [0.5, 0.6) is 0 Å². The highest BCUT2D eigenvalue weighted by Gasteiger charge is 2.22. The van der Waals surface area contributed by atoms with E-state index in [-0.39, 0.29) is 5.91 Å². The number of piperidine rings is 1. The summed E-state index contributed by atoms with van der Waals surface area (Å²) in [5.74, 6) is 1.29. The summed E-state index contributed by atoms with van der Waals surface area (Å²) >= 11 is 0. The molecular weight excluding hydrogens is 314 g/mol. The Labute approximate surface area is 148 Å². The molecule has 1 aromatic carbocycles. The van der Waals surface area contributed by atoms with Crippen molar-refractivity contribution in [2.75, 3.05) is 37.4 Å². The fourth-order valence-electron chi connectivity index (χ4n) is 2.88. The first-order chi connectivity index (χ1) is 12.0. The smallest absolute Gasteiger partial charge is 0.274 e. The van der Waals surface area contributed by atoms with Gasteiger partial charge in [0.2, 0.25) is 0 Å². The number of nitrogens with zero attached hydrogens (tertiary/aromatic N) is 4. The van der Waals surface area contributed by atoms with Gasteiger partial charge in [-0.3, -0.25) is 4.79 Å². The Kier molecular flexibility index (Phi) is 5.16. The normalized spacial score (nSPS) is 15.1. The number of carbonyl (C=O) groups excluding carboxylic acids is 1. The number of rotatable bonds is 4. The highest BCUT2D eigenvalue weighted by molar-refractivity contribution is 5.92. The monoisotopic (exact) mass is 339 g/mol. The van der Waals surface area contributed by atoms with Crippen LogP contribution in [0.3, 0.4) is 0 Å². The zero-order valence-corrected chi connectivity index (χ0v) is 15.1. The molecule has 0 bridgehead atoms. The van der Waals surface area contributed by atoms with Crippen LogP contribution in [0.4, 0.5) is 17.2 Å². The highest BCUT2D eigenvalue weighted by Crippen LogP contribution is 2.20. The van der Waals surface area contributed by atoms with Gasteiger partial charge in [-0.2, -0.15) is 0 Å². The summed E-state index contributed by atoms with van der Waals surface area (Å²) in [6.07, 6.45) is 2.11. The highest BCUT2D eigenvalue weighted by atomic mass is 16.2. The maximum atomic E-state index is 12.5. The summed E-state index contributed by atoms with van der Waals surface area (Å²) in [5, 5.41) is 11.5. The summed E-state index contributed by atoms with van der Waals surface area (Å²) in [5.41, 5.74) is 2.47.